The molecule has 0 saturated heterocycles. The van der Waals surface area contributed by atoms with Crippen LogP contribution in [0, 0.1) is 0 Å². The number of nitrogens with one attached hydrogen (secondary N) is 1. The van der Waals surface area contributed by atoms with Crippen LogP contribution in [0.2, 0.25) is 0 Å². The SMILES string of the molecule is CC(C)(C)c1ncc2c(n1)CN(Cc1c[nH]c3cc(Br)ccc13)CC2. The van der Waals surface area contributed by atoms with Gasteiger partial charge < -0.3 is 4.98 Å². The molecule has 1 aliphatic rings. The highest BCUT2D eigenvalue weighted by atomic mass is 79.9. The maximum Gasteiger partial charge on any atom is 0.133 e. The van der Waals surface area contributed by atoms with Crippen molar-refractivity contribution in [2.45, 2.75) is 45.7 Å². The fourth-order valence-corrected chi connectivity index (χ4v) is 3.74. The van der Waals surface area contributed by atoms with Gasteiger partial charge in [-0.15, -0.1) is 0 Å². The lowest BCUT2D eigenvalue weighted by Crippen LogP contribution is -2.32. The molecule has 0 atom stereocenters. The predicted molar refractivity (Wildman–Crippen MR) is 105 cm³/mol. The Bertz CT molecular complexity index is 923. The molecule has 1 N–H and O–H groups in total. The lowest BCUT2D eigenvalue weighted by atomic mass is 9.95. The van der Waals surface area contributed by atoms with E-state index in [1.165, 1.54) is 27.7 Å². The first-order chi connectivity index (χ1) is 11.9. The second-order valence-electron chi connectivity index (χ2n) is 7.88. The molecule has 5 heteroatoms. The smallest absolute Gasteiger partial charge is 0.133 e. The van der Waals surface area contributed by atoms with Gasteiger partial charge in [-0.3, -0.25) is 4.90 Å². The van der Waals surface area contributed by atoms with Crippen LogP contribution in [0.5, 0.6) is 0 Å². The number of rotatable bonds is 2. The number of fused-ring (bicyclic) bond motifs is 2. The Morgan fingerprint density at radius 3 is 2.92 bits per heavy atom. The van der Waals surface area contributed by atoms with Crippen molar-refractivity contribution in [3.05, 3.63) is 57.7 Å². The summed E-state index contributed by atoms with van der Waals surface area (Å²) in [5.41, 5.74) is 5.00. The summed E-state index contributed by atoms with van der Waals surface area (Å²) in [6.45, 7) is 9.38. The highest BCUT2D eigenvalue weighted by Gasteiger charge is 2.23. The maximum atomic E-state index is 4.87. The Kier molecular flexibility index (Phi) is 4.16. The van der Waals surface area contributed by atoms with Crippen LogP contribution in [0.15, 0.2) is 35.1 Å². The molecular formula is C20H23BrN4. The van der Waals surface area contributed by atoms with Gasteiger partial charge in [-0.25, -0.2) is 9.97 Å². The first-order valence-corrected chi connectivity index (χ1v) is 9.52. The van der Waals surface area contributed by atoms with E-state index in [1.807, 2.05) is 6.20 Å². The van der Waals surface area contributed by atoms with Gasteiger partial charge >= 0.3 is 0 Å². The topological polar surface area (TPSA) is 44.8 Å². The van der Waals surface area contributed by atoms with E-state index in [0.29, 0.717) is 0 Å². The van der Waals surface area contributed by atoms with Gasteiger partial charge in [-0.05, 0) is 29.7 Å². The molecule has 3 aromatic rings. The van der Waals surface area contributed by atoms with Gasteiger partial charge in [0.05, 0.1) is 5.69 Å². The summed E-state index contributed by atoms with van der Waals surface area (Å²) in [6.07, 6.45) is 5.18. The summed E-state index contributed by atoms with van der Waals surface area (Å²) in [4.78, 5) is 15.3. The molecule has 4 rings (SSSR count). The minimum atomic E-state index is -0.0124. The molecule has 25 heavy (non-hydrogen) atoms. The second kappa shape index (κ2) is 6.22. The Morgan fingerprint density at radius 1 is 1.28 bits per heavy atom. The van der Waals surface area contributed by atoms with E-state index in [4.69, 9.17) is 4.98 Å². The number of H-pyrrole nitrogens is 1. The van der Waals surface area contributed by atoms with Gasteiger partial charge in [0, 0.05) is 52.8 Å². The Labute approximate surface area is 156 Å². The minimum absolute atomic E-state index is 0.0124. The number of hydrogen-bond donors (Lipinski definition) is 1. The number of aromatic nitrogens is 3. The predicted octanol–water partition coefficient (Wildman–Crippen LogP) is 4.58. The van der Waals surface area contributed by atoms with Gasteiger partial charge in [-0.2, -0.15) is 0 Å². The van der Waals surface area contributed by atoms with E-state index >= 15 is 0 Å². The molecule has 2 aromatic heterocycles. The number of benzene rings is 1. The number of nitrogens with zero attached hydrogens (tertiary/aromatic N) is 3. The molecule has 0 saturated carbocycles. The monoisotopic (exact) mass is 398 g/mol. The lowest BCUT2D eigenvalue weighted by Gasteiger charge is -2.29. The van der Waals surface area contributed by atoms with Gasteiger partial charge in [-0.1, -0.05) is 42.8 Å². The van der Waals surface area contributed by atoms with Crippen molar-refractivity contribution in [2.24, 2.45) is 0 Å². The van der Waals surface area contributed by atoms with Gasteiger partial charge in [0.15, 0.2) is 0 Å². The third kappa shape index (κ3) is 3.35. The largest absolute Gasteiger partial charge is 0.361 e. The van der Waals surface area contributed by atoms with Crippen LogP contribution in [0.3, 0.4) is 0 Å². The van der Waals surface area contributed by atoms with Crippen molar-refractivity contribution in [3.63, 3.8) is 0 Å². The van der Waals surface area contributed by atoms with Gasteiger partial charge in [0.1, 0.15) is 5.82 Å². The molecule has 0 unspecified atom stereocenters. The molecule has 0 spiro atoms. The fraction of sp³-hybridized carbons (Fsp3) is 0.400. The van der Waals surface area contributed by atoms with E-state index in [0.717, 1.165) is 36.4 Å². The molecule has 0 amide bonds. The minimum Gasteiger partial charge on any atom is -0.361 e. The Morgan fingerprint density at radius 2 is 2.12 bits per heavy atom. The van der Waals surface area contributed by atoms with Crippen molar-refractivity contribution in [2.75, 3.05) is 6.54 Å². The molecule has 4 nitrogen and oxygen atoms in total. The molecule has 0 bridgehead atoms. The summed E-state index contributed by atoms with van der Waals surface area (Å²) in [6, 6.07) is 6.42. The normalized spacial score (nSPS) is 15.5. The zero-order valence-electron chi connectivity index (χ0n) is 14.9. The average Bonchev–Trinajstić information content (AvgIpc) is 2.95. The molecule has 130 valence electrons. The summed E-state index contributed by atoms with van der Waals surface area (Å²) < 4.78 is 1.10. The van der Waals surface area contributed by atoms with Crippen molar-refractivity contribution < 1.29 is 0 Å². The van der Waals surface area contributed by atoms with E-state index in [-0.39, 0.29) is 5.41 Å². The quantitative estimate of drug-likeness (QED) is 0.686. The summed E-state index contributed by atoms with van der Waals surface area (Å²) in [5, 5.41) is 1.30. The van der Waals surface area contributed by atoms with Gasteiger partial charge in [0.2, 0.25) is 0 Å². The van der Waals surface area contributed by atoms with Gasteiger partial charge in [0.25, 0.3) is 0 Å². The van der Waals surface area contributed by atoms with Crippen LogP contribution in [0.4, 0.5) is 0 Å². The second-order valence-corrected chi connectivity index (χ2v) is 8.80. The molecule has 1 aliphatic heterocycles. The van der Waals surface area contributed by atoms with E-state index in [2.05, 4.69) is 76.0 Å². The van der Waals surface area contributed by atoms with Crippen LogP contribution in [-0.4, -0.2) is 26.4 Å². The molecule has 0 aliphatic carbocycles. The molecular weight excluding hydrogens is 376 g/mol. The summed E-state index contributed by atoms with van der Waals surface area (Å²) in [7, 11) is 0. The van der Waals surface area contributed by atoms with Crippen LogP contribution in [0.25, 0.3) is 10.9 Å². The van der Waals surface area contributed by atoms with Crippen molar-refractivity contribution in [3.8, 4) is 0 Å². The Balaban J connectivity index is 1.57. The van der Waals surface area contributed by atoms with Crippen molar-refractivity contribution in [1.29, 1.82) is 0 Å². The summed E-state index contributed by atoms with van der Waals surface area (Å²) in [5.74, 6) is 0.935. The van der Waals surface area contributed by atoms with Crippen LogP contribution >= 0.6 is 15.9 Å². The number of halogens is 1. The van der Waals surface area contributed by atoms with Crippen LogP contribution in [-0.2, 0) is 24.9 Å². The number of aromatic amines is 1. The third-order valence-electron chi connectivity index (χ3n) is 4.82. The van der Waals surface area contributed by atoms with E-state index in [1.54, 1.807) is 0 Å². The van der Waals surface area contributed by atoms with E-state index in [9.17, 15) is 0 Å². The van der Waals surface area contributed by atoms with Crippen LogP contribution < -0.4 is 0 Å². The highest BCUT2D eigenvalue weighted by Crippen LogP contribution is 2.26. The first-order valence-electron chi connectivity index (χ1n) is 8.73. The molecule has 1 aromatic carbocycles. The Hall–Kier alpha value is -1.72. The highest BCUT2D eigenvalue weighted by molar-refractivity contribution is 9.10. The van der Waals surface area contributed by atoms with Crippen LogP contribution in [0.1, 0.15) is 43.4 Å². The fourth-order valence-electron chi connectivity index (χ4n) is 3.38. The molecule has 0 radical (unpaired) electrons. The zero-order valence-corrected chi connectivity index (χ0v) is 16.5. The standard InChI is InChI=1S/C20H23BrN4/c1-20(2,3)19-23-9-13-6-7-25(12-18(13)24-19)11-14-10-22-17-8-15(21)4-5-16(14)17/h4-5,8-10,22H,6-7,11-12H2,1-3H3. The maximum absolute atomic E-state index is 4.87. The average molecular weight is 399 g/mol. The van der Waals surface area contributed by atoms with Crippen molar-refractivity contribution >= 4 is 26.8 Å². The third-order valence-corrected chi connectivity index (χ3v) is 5.31. The zero-order chi connectivity index (χ0) is 17.6. The summed E-state index contributed by atoms with van der Waals surface area (Å²) >= 11 is 3.54. The van der Waals surface area contributed by atoms with E-state index < -0.39 is 0 Å². The number of hydrogen-bond acceptors (Lipinski definition) is 3. The van der Waals surface area contributed by atoms with Crippen molar-refractivity contribution in [1.82, 2.24) is 19.9 Å². The molecule has 3 heterocycles. The first kappa shape index (κ1) is 16.7. The lowest BCUT2D eigenvalue weighted by molar-refractivity contribution is 0.241. The molecule has 0 fully saturated rings.